The molecule has 0 aliphatic carbocycles. The fourth-order valence-electron chi connectivity index (χ4n) is 7.32. The Morgan fingerprint density at radius 2 is 0.540 bits per heavy atom. The van der Waals surface area contributed by atoms with Crippen molar-refractivity contribution in [2.45, 2.75) is 253 Å². The lowest BCUT2D eigenvalue weighted by molar-refractivity contribution is -0.138. The van der Waals surface area contributed by atoms with Gasteiger partial charge in [0, 0.05) is 31.3 Å². The van der Waals surface area contributed by atoms with Crippen molar-refractivity contribution in [2.24, 2.45) is 0 Å². The molecule has 6 heteroatoms. The van der Waals surface area contributed by atoms with Crippen molar-refractivity contribution in [2.75, 3.05) is 11.5 Å². The Morgan fingerprint density at radius 3 is 0.720 bits per heavy atom. The van der Waals surface area contributed by atoms with Gasteiger partial charge in [0.2, 0.25) is 5.12 Å². The lowest BCUT2D eigenvalue weighted by atomic mass is 10.0. The van der Waals surface area contributed by atoms with Gasteiger partial charge in [-0.1, -0.05) is 220 Å². The van der Waals surface area contributed by atoms with Crippen LogP contribution in [0.4, 0.5) is 0 Å². The average Bonchev–Trinajstić information content (AvgIpc) is 3.11. The van der Waals surface area contributed by atoms with Crippen LogP contribution in [-0.2, 0) is 22.7 Å². The molecular weight excluding hydrogens is 641 g/mol. The van der Waals surface area contributed by atoms with Crippen LogP contribution in [0.25, 0.3) is 0 Å². The van der Waals surface area contributed by atoms with Crippen LogP contribution in [0.3, 0.4) is 0 Å². The molecule has 50 heavy (non-hydrogen) atoms. The molecule has 0 fully saturated rings. The second-order valence-electron chi connectivity index (χ2n) is 15.5. The molecule has 0 aromatic carbocycles. The number of carbonyl (C=O) groups is 3. The highest BCUT2D eigenvalue weighted by Crippen LogP contribution is 2.73. The highest BCUT2D eigenvalue weighted by atomic mass is 32.3. The molecule has 0 aromatic rings. The molecule has 0 aliphatic rings. The highest BCUT2D eigenvalue weighted by molar-refractivity contribution is 8.53. The summed E-state index contributed by atoms with van der Waals surface area (Å²) in [6, 6.07) is 0. The maximum absolute atomic E-state index is 13.6. The summed E-state index contributed by atoms with van der Waals surface area (Å²) in [4.78, 5) is 39.2. The molecule has 0 atom stereocenters. The Bertz CT molecular complexity index is 754. The third-order valence-corrected chi connectivity index (χ3v) is 15.9. The predicted molar refractivity (Wildman–Crippen MR) is 221 cm³/mol. The molecule has 0 bridgehead atoms. The number of thiol groups is 1. The summed E-state index contributed by atoms with van der Waals surface area (Å²) in [5.41, 5.74) is 0. The minimum atomic E-state index is -4.15. The topological polar surface area (TPSA) is 69.7 Å². The van der Waals surface area contributed by atoms with Crippen molar-refractivity contribution in [1.82, 2.24) is 0 Å². The first kappa shape index (κ1) is 49.0. The lowest BCUT2D eigenvalue weighted by Gasteiger charge is -2.64. The molecule has 0 unspecified atom stereocenters. The van der Waals surface area contributed by atoms with E-state index in [2.05, 4.69) is 13.8 Å². The van der Waals surface area contributed by atoms with Gasteiger partial charge < -0.3 is 8.37 Å². The Kier molecular flexibility index (Phi) is 33.1. The van der Waals surface area contributed by atoms with Gasteiger partial charge in [-0.05, 0) is 12.8 Å². The largest absolute Gasteiger partial charge is 0.371 e. The van der Waals surface area contributed by atoms with Crippen LogP contribution in [-0.4, -0.2) is 28.6 Å². The molecule has 0 rings (SSSR count). The average molecular weight is 729 g/mol. The van der Waals surface area contributed by atoms with Crippen LogP contribution in [0.1, 0.15) is 253 Å². The van der Waals surface area contributed by atoms with E-state index in [0.29, 0.717) is 11.5 Å². The molecule has 300 valence electrons. The lowest BCUT2D eigenvalue weighted by Crippen LogP contribution is -2.40. The standard InChI is InChI=1S/C44H88O5S/c1-6-10-12-14-16-18-20-22-24-26-28-30-32-34-36-38-40-50(42(5)45,48-43(46)8-3,49-44(47)9-4)41-39-37-35-33-31-29-27-25-23-21-19-17-15-13-11-7-2/h50H,6-41H2,1-5H3. The fraction of sp³-hybridized carbons (Fsp3) is 0.932. The number of rotatable bonds is 36. The summed E-state index contributed by atoms with van der Waals surface area (Å²) < 4.78 is 12.3. The van der Waals surface area contributed by atoms with Gasteiger partial charge in [-0.25, -0.2) is 0 Å². The normalized spacial score (nSPS) is 12.5. The summed E-state index contributed by atoms with van der Waals surface area (Å²) >= 11 is 0. The molecule has 0 spiro atoms. The van der Waals surface area contributed by atoms with E-state index in [1.807, 2.05) is 0 Å². The first-order valence-corrected chi connectivity index (χ1v) is 24.7. The molecule has 0 heterocycles. The van der Waals surface area contributed by atoms with E-state index in [0.717, 1.165) is 38.5 Å². The number of hydrogen-bond acceptors (Lipinski definition) is 5. The van der Waals surface area contributed by atoms with E-state index in [4.69, 9.17) is 8.37 Å². The maximum Gasteiger partial charge on any atom is 0.325 e. The van der Waals surface area contributed by atoms with E-state index < -0.39 is 21.7 Å². The summed E-state index contributed by atoms with van der Waals surface area (Å²) in [6.07, 6.45) is 41.0. The quantitative estimate of drug-likeness (QED) is 0.0514. The molecule has 5 nitrogen and oxygen atoms in total. The third-order valence-electron chi connectivity index (χ3n) is 10.8. The molecule has 0 aromatic heterocycles. The maximum atomic E-state index is 13.6. The van der Waals surface area contributed by atoms with Crippen LogP contribution >= 0.6 is 9.72 Å². The summed E-state index contributed by atoms with van der Waals surface area (Å²) in [7, 11) is -4.15. The molecule has 0 N–H and O–H groups in total. The van der Waals surface area contributed by atoms with Gasteiger partial charge in [0.15, 0.2) is 0 Å². The minimum absolute atomic E-state index is 0.173. The van der Waals surface area contributed by atoms with Gasteiger partial charge in [0.05, 0.1) is 0 Å². The minimum Gasteiger partial charge on any atom is -0.371 e. The monoisotopic (exact) mass is 729 g/mol. The summed E-state index contributed by atoms with van der Waals surface area (Å²) in [5, 5.41) is -0.221. The molecule has 0 aliphatic heterocycles. The zero-order chi connectivity index (χ0) is 37.0. The van der Waals surface area contributed by atoms with Gasteiger partial charge in [0.1, 0.15) is 0 Å². The van der Waals surface area contributed by atoms with Crippen molar-refractivity contribution in [3.8, 4) is 0 Å². The Labute approximate surface area is 313 Å². The van der Waals surface area contributed by atoms with Gasteiger partial charge in [-0.15, -0.1) is 0 Å². The fourth-order valence-corrected chi connectivity index (χ4v) is 11.8. The Balaban J connectivity index is 4.61. The molecule has 0 radical (unpaired) electrons. The van der Waals surface area contributed by atoms with Gasteiger partial charge in [-0.2, -0.15) is 9.72 Å². The van der Waals surface area contributed by atoms with E-state index in [9.17, 15) is 14.4 Å². The molecule has 0 saturated carbocycles. The van der Waals surface area contributed by atoms with Gasteiger partial charge in [-0.3, -0.25) is 14.4 Å². The van der Waals surface area contributed by atoms with Gasteiger partial charge >= 0.3 is 11.9 Å². The van der Waals surface area contributed by atoms with Crippen molar-refractivity contribution >= 4 is 26.8 Å². The molecule has 0 amide bonds. The zero-order valence-electron chi connectivity index (χ0n) is 34.4. The van der Waals surface area contributed by atoms with Crippen LogP contribution in [0.2, 0.25) is 0 Å². The van der Waals surface area contributed by atoms with Crippen LogP contribution in [0.5, 0.6) is 0 Å². The van der Waals surface area contributed by atoms with E-state index in [-0.39, 0.29) is 18.0 Å². The molecule has 0 saturated heterocycles. The predicted octanol–water partition coefficient (Wildman–Crippen LogP) is 14.9. The van der Waals surface area contributed by atoms with Crippen LogP contribution in [0, 0.1) is 0 Å². The van der Waals surface area contributed by atoms with Crippen molar-refractivity contribution < 1.29 is 22.7 Å². The molecular formula is C44H88O5S. The second-order valence-corrected chi connectivity index (χ2v) is 20.0. The number of unbranched alkanes of at least 4 members (excludes halogenated alkanes) is 30. The van der Waals surface area contributed by atoms with Crippen molar-refractivity contribution in [1.29, 1.82) is 0 Å². The van der Waals surface area contributed by atoms with E-state index in [1.165, 1.54) is 174 Å². The van der Waals surface area contributed by atoms with Crippen molar-refractivity contribution in [3.05, 3.63) is 0 Å². The van der Waals surface area contributed by atoms with E-state index in [1.54, 1.807) is 13.8 Å². The van der Waals surface area contributed by atoms with E-state index >= 15 is 0 Å². The smallest absolute Gasteiger partial charge is 0.325 e. The first-order chi connectivity index (χ1) is 24.3. The highest BCUT2D eigenvalue weighted by Gasteiger charge is 2.44. The summed E-state index contributed by atoms with van der Waals surface area (Å²) in [5.74, 6) is -0.0740. The second kappa shape index (κ2) is 33.8. The van der Waals surface area contributed by atoms with Gasteiger partial charge in [0.25, 0.3) is 0 Å². The van der Waals surface area contributed by atoms with Crippen LogP contribution in [0.15, 0.2) is 0 Å². The Morgan fingerprint density at radius 1 is 0.340 bits per heavy atom. The van der Waals surface area contributed by atoms with Crippen LogP contribution < -0.4 is 0 Å². The summed E-state index contributed by atoms with van der Waals surface area (Å²) in [6.45, 7) is 9.55. The first-order valence-electron chi connectivity index (χ1n) is 22.3. The number of carbonyl (C=O) groups excluding carboxylic acids is 3. The SMILES string of the molecule is CCCCCCCCCCCCCCCCCC[SH](CCCCCCCCCCCCCCCCCC)(OC(=O)CC)(OC(=O)CC)C(C)=O. The zero-order valence-corrected chi connectivity index (χ0v) is 35.3. The Hall–Kier alpha value is -1.04. The number of hydrogen-bond donors (Lipinski definition) is 1. The third kappa shape index (κ3) is 25.0. The van der Waals surface area contributed by atoms with Crippen molar-refractivity contribution in [3.63, 3.8) is 0 Å².